The molecule has 1 aromatic heterocycles. The molecule has 1 heterocycles. The SMILES string of the molecule is CCN(C)c1nc(N)c(C(=O)NC(C)CCS(C)=O)s1. The van der Waals surface area contributed by atoms with Crippen molar-refractivity contribution in [2.24, 2.45) is 0 Å². The van der Waals surface area contributed by atoms with Crippen LogP contribution in [0.4, 0.5) is 10.9 Å². The second kappa shape index (κ2) is 7.58. The van der Waals surface area contributed by atoms with Crippen LogP contribution >= 0.6 is 11.3 Å². The van der Waals surface area contributed by atoms with E-state index in [1.807, 2.05) is 25.8 Å². The molecule has 8 heteroatoms. The number of nitrogens with zero attached hydrogens (tertiary/aromatic N) is 2. The summed E-state index contributed by atoms with van der Waals surface area (Å²) in [5.74, 6) is 0.614. The number of amides is 1. The van der Waals surface area contributed by atoms with E-state index < -0.39 is 10.8 Å². The Labute approximate surface area is 126 Å². The van der Waals surface area contributed by atoms with Crippen molar-refractivity contribution >= 4 is 39.0 Å². The summed E-state index contributed by atoms with van der Waals surface area (Å²) in [6.45, 7) is 4.69. The van der Waals surface area contributed by atoms with Gasteiger partial charge in [-0.3, -0.25) is 9.00 Å². The summed E-state index contributed by atoms with van der Waals surface area (Å²) in [6.07, 6.45) is 2.33. The van der Waals surface area contributed by atoms with Gasteiger partial charge in [0.05, 0.1) is 0 Å². The van der Waals surface area contributed by atoms with Crippen LogP contribution < -0.4 is 16.0 Å². The molecule has 6 nitrogen and oxygen atoms in total. The van der Waals surface area contributed by atoms with Crippen molar-refractivity contribution in [1.82, 2.24) is 10.3 Å². The molecule has 20 heavy (non-hydrogen) atoms. The first-order valence-corrected chi connectivity index (χ1v) is 8.97. The minimum atomic E-state index is -0.846. The van der Waals surface area contributed by atoms with Gasteiger partial charge in [0.1, 0.15) is 10.7 Å². The van der Waals surface area contributed by atoms with Gasteiger partial charge in [0.25, 0.3) is 5.91 Å². The third-order valence-corrected chi connectivity index (χ3v) is 4.86. The molecule has 114 valence electrons. The Morgan fingerprint density at radius 2 is 2.25 bits per heavy atom. The molecule has 0 saturated carbocycles. The minimum Gasteiger partial charge on any atom is -0.382 e. The van der Waals surface area contributed by atoms with Crippen molar-refractivity contribution < 1.29 is 9.00 Å². The summed E-state index contributed by atoms with van der Waals surface area (Å²) in [4.78, 5) is 18.7. The summed E-state index contributed by atoms with van der Waals surface area (Å²) in [7, 11) is 1.06. The monoisotopic (exact) mass is 318 g/mol. The number of carbonyl (C=O) groups is 1. The number of hydrogen-bond donors (Lipinski definition) is 2. The van der Waals surface area contributed by atoms with Crippen molar-refractivity contribution in [2.75, 3.05) is 36.2 Å². The summed E-state index contributed by atoms with van der Waals surface area (Å²) in [5, 5.41) is 3.59. The third-order valence-electron chi connectivity index (χ3n) is 2.87. The van der Waals surface area contributed by atoms with Crippen LogP contribution in [-0.4, -0.2) is 46.7 Å². The van der Waals surface area contributed by atoms with Crippen molar-refractivity contribution in [3.63, 3.8) is 0 Å². The van der Waals surface area contributed by atoms with Gasteiger partial charge in [-0.2, -0.15) is 0 Å². The van der Waals surface area contributed by atoms with Crippen molar-refractivity contribution in [3.8, 4) is 0 Å². The fraction of sp³-hybridized carbons (Fsp3) is 0.667. The summed E-state index contributed by atoms with van der Waals surface area (Å²) >= 11 is 1.28. The zero-order valence-electron chi connectivity index (χ0n) is 12.3. The molecule has 2 atom stereocenters. The second-order valence-corrected chi connectivity index (χ2v) is 7.20. The van der Waals surface area contributed by atoms with E-state index >= 15 is 0 Å². The van der Waals surface area contributed by atoms with Gasteiger partial charge in [-0.05, 0) is 20.3 Å². The molecule has 0 spiro atoms. The van der Waals surface area contributed by atoms with E-state index in [0.717, 1.165) is 11.7 Å². The summed E-state index contributed by atoms with van der Waals surface area (Å²) < 4.78 is 11.0. The fourth-order valence-electron chi connectivity index (χ4n) is 1.49. The number of aromatic nitrogens is 1. The Morgan fingerprint density at radius 3 is 2.80 bits per heavy atom. The Balaban J connectivity index is 2.67. The largest absolute Gasteiger partial charge is 0.382 e. The standard InChI is InChI=1S/C12H22N4O2S2/c1-5-16(3)12-15-10(13)9(19-12)11(17)14-8(2)6-7-20(4)18/h8H,5-7,13H2,1-4H3,(H,14,17). The van der Waals surface area contributed by atoms with Crippen LogP contribution in [0.25, 0.3) is 0 Å². The number of hydrogen-bond acceptors (Lipinski definition) is 6. The van der Waals surface area contributed by atoms with Gasteiger partial charge in [0.15, 0.2) is 5.13 Å². The van der Waals surface area contributed by atoms with Crippen molar-refractivity contribution in [3.05, 3.63) is 4.88 Å². The molecule has 2 unspecified atom stereocenters. The lowest BCUT2D eigenvalue weighted by atomic mass is 10.2. The summed E-state index contributed by atoms with van der Waals surface area (Å²) in [6, 6.07) is -0.0414. The summed E-state index contributed by atoms with van der Waals surface area (Å²) in [5.41, 5.74) is 5.80. The molecule has 0 bridgehead atoms. The lowest BCUT2D eigenvalue weighted by Gasteiger charge is -2.12. The van der Waals surface area contributed by atoms with Gasteiger partial charge in [0, 0.05) is 42.4 Å². The van der Waals surface area contributed by atoms with Gasteiger partial charge in [0.2, 0.25) is 0 Å². The number of carbonyl (C=O) groups excluding carboxylic acids is 1. The first-order chi connectivity index (χ1) is 9.35. The van der Waals surface area contributed by atoms with Gasteiger partial charge < -0.3 is 16.0 Å². The van der Waals surface area contributed by atoms with E-state index in [1.165, 1.54) is 11.3 Å². The molecule has 0 aliphatic rings. The number of nitrogens with two attached hydrogens (primary N) is 1. The quantitative estimate of drug-likeness (QED) is 0.785. The highest BCUT2D eigenvalue weighted by atomic mass is 32.2. The smallest absolute Gasteiger partial charge is 0.265 e. The Kier molecular flexibility index (Phi) is 6.41. The second-order valence-electron chi connectivity index (χ2n) is 4.67. The predicted molar refractivity (Wildman–Crippen MR) is 85.9 cm³/mol. The Morgan fingerprint density at radius 1 is 1.60 bits per heavy atom. The van der Waals surface area contributed by atoms with Crippen LogP contribution in [0.5, 0.6) is 0 Å². The molecule has 0 aliphatic heterocycles. The maximum absolute atomic E-state index is 12.1. The number of anilines is 2. The molecular weight excluding hydrogens is 296 g/mol. The van der Waals surface area contributed by atoms with Crippen molar-refractivity contribution in [2.45, 2.75) is 26.3 Å². The first kappa shape index (κ1) is 16.9. The highest BCUT2D eigenvalue weighted by Crippen LogP contribution is 2.27. The highest BCUT2D eigenvalue weighted by Gasteiger charge is 2.19. The van der Waals surface area contributed by atoms with Gasteiger partial charge in [-0.15, -0.1) is 0 Å². The number of thiazole rings is 1. The van der Waals surface area contributed by atoms with Gasteiger partial charge >= 0.3 is 0 Å². The van der Waals surface area contributed by atoms with E-state index in [1.54, 1.807) is 6.26 Å². The van der Waals surface area contributed by atoms with Gasteiger partial charge in [-0.25, -0.2) is 4.98 Å². The van der Waals surface area contributed by atoms with Crippen LogP contribution in [0.3, 0.4) is 0 Å². The molecule has 0 aromatic carbocycles. The fourth-order valence-corrected chi connectivity index (χ4v) is 3.08. The Hall–Kier alpha value is -1.15. The molecule has 0 aliphatic carbocycles. The average molecular weight is 318 g/mol. The first-order valence-electron chi connectivity index (χ1n) is 6.43. The zero-order chi connectivity index (χ0) is 15.3. The number of rotatable bonds is 7. The normalized spacial score (nSPS) is 13.8. The lowest BCUT2D eigenvalue weighted by Crippen LogP contribution is -2.33. The molecule has 1 aromatic rings. The van der Waals surface area contributed by atoms with E-state index in [4.69, 9.17) is 5.73 Å². The van der Waals surface area contributed by atoms with E-state index in [0.29, 0.717) is 17.1 Å². The highest BCUT2D eigenvalue weighted by molar-refractivity contribution is 7.84. The molecule has 0 fully saturated rings. The topological polar surface area (TPSA) is 88.3 Å². The number of nitrogen functional groups attached to an aromatic ring is 1. The molecule has 1 amide bonds. The van der Waals surface area contributed by atoms with Crippen LogP contribution in [0.1, 0.15) is 29.9 Å². The third kappa shape index (κ3) is 4.75. The number of nitrogens with one attached hydrogen (secondary N) is 1. The van der Waals surface area contributed by atoms with Crippen LogP contribution in [0, 0.1) is 0 Å². The van der Waals surface area contributed by atoms with Gasteiger partial charge in [-0.1, -0.05) is 11.3 Å². The maximum Gasteiger partial charge on any atom is 0.265 e. The predicted octanol–water partition coefficient (Wildman–Crippen LogP) is 1.07. The maximum atomic E-state index is 12.1. The Bertz CT molecular complexity index is 490. The minimum absolute atomic E-state index is 0.0414. The molecule has 3 N–H and O–H groups in total. The van der Waals surface area contributed by atoms with E-state index in [9.17, 15) is 9.00 Å². The average Bonchev–Trinajstić information content (AvgIpc) is 2.77. The van der Waals surface area contributed by atoms with Crippen LogP contribution in [-0.2, 0) is 10.8 Å². The van der Waals surface area contributed by atoms with Crippen molar-refractivity contribution in [1.29, 1.82) is 0 Å². The lowest BCUT2D eigenvalue weighted by molar-refractivity contribution is 0.0944. The molecule has 0 radical (unpaired) electrons. The molecule has 1 rings (SSSR count). The molecule has 0 saturated heterocycles. The van der Waals surface area contributed by atoms with E-state index in [-0.39, 0.29) is 17.8 Å². The van der Waals surface area contributed by atoms with Crippen LogP contribution in [0.2, 0.25) is 0 Å². The van der Waals surface area contributed by atoms with Crippen LogP contribution in [0.15, 0.2) is 0 Å². The van der Waals surface area contributed by atoms with E-state index in [2.05, 4.69) is 10.3 Å². The zero-order valence-corrected chi connectivity index (χ0v) is 13.9. The molecular formula is C12H22N4O2S2.